The highest BCUT2D eigenvalue weighted by molar-refractivity contribution is 8.00. The Morgan fingerprint density at radius 2 is 1.16 bits per heavy atom. The van der Waals surface area contributed by atoms with Crippen molar-refractivity contribution in [1.82, 2.24) is 36.8 Å². The molecule has 0 aromatic heterocycles. The summed E-state index contributed by atoms with van der Waals surface area (Å²) in [7, 11) is 2.98. The normalized spacial score (nSPS) is 24.1. The molecule has 55 heavy (non-hydrogen) atoms. The van der Waals surface area contributed by atoms with E-state index in [-0.39, 0.29) is 17.9 Å². The molecule has 6 atom stereocenters. The first-order valence-corrected chi connectivity index (χ1v) is 21.2. The van der Waals surface area contributed by atoms with Crippen molar-refractivity contribution in [1.29, 1.82) is 0 Å². The summed E-state index contributed by atoms with van der Waals surface area (Å²) in [5.74, 6) is -3.62. The van der Waals surface area contributed by atoms with E-state index in [0.717, 1.165) is 43.0 Å². The minimum atomic E-state index is -1.03. The molecular weight excluding hydrogens is 723 g/mol. The Morgan fingerprint density at radius 3 is 1.73 bits per heavy atom. The number of carbonyl (C=O) groups is 7. The summed E-state index contributed by atoms with van der Waals surface area (Å²) in [6.45, 7) is 7.88. The van der Waals surface area contributed by atoms with Crippen LogP contribution in [0, 0.1) is 0 Å². The summed E-state index contributed by atoms with van der Waals surface area (Å²) in [6.07, 6.45) is 6.93. The van der Waals surface area contributed by atoms with Crippen molar-refractivity contribution in [3.8, 4) is 0 Å². The highest BCUT2D eigenvalue weighted by Gasteiger charge is 2.36. The Balaban J connectivity index is 2.63. The standard InChI is InChI=1S/C40H65N7O7S/c1-7-11-20-28-37(51)46-32(35(49)41-5)25-55-26-34(48)42-31(24-27-18-16-15-17-19-27)38(52)45-30(22-13-9-3)40(54)47(6)33(23-14-10-4)39(53)44-29(21-12-8-2)36(50)43-28/h15-19,28-33H,7-14,20-26H2,1-6H3,(H,41,49)(H,42,48)(H,43,50)(H,44,53)(H,45,52)(H,46,51)/t28-,29-,30-,31+,32+,33-/m0/s1. The third kappa shape index (κ3) is 16.2. The molecule has 0 saturated carbocycles. The van der Waals surface area contributed by atoms with E-state index in [0.29, 0.717) is 51.4 Å². The van der Waals surface area contributed by atoms with Gasteiger partial charge >= 0.3 is 0 Å². The summed E-state index contributed by atoms with van der Waals surface area (Å²) >= 11 is 1.11. The summed E-state index contributed by atoms with van der Waals surface area (Å²) in [5.41, 5.74) is 0.798. The monoisotopic (exact) mass is 787 g/mol. The van der Waals surface area contributed by atoms with Crippen LogP contribution in [0.1, 0.15) is 110 Å². The van der Waals surface area contributed by atoms with Gasteiger partial charge < -0.3 is 36.8 Å². The fourth-order valence-electron chi connectivity index (χ4n) is 6.32. The topological polar surface area (TPSA) is 195 Å². The average Bonchev–Trinajstić information content (AvgIpc) is 3.18. The van der Waals surface area contributed by atoms with Crippen molar-refractivity contribution in [3.63, 3.8) is 0 Å². The zero-order valence-electron chi connectivity index (χ0n) is 33.7. The Bertz CT molecular complexity index is 1400. The van der Waals surface area contributed by atoms with Crippen LogP contribution < -0.4 is 31.9 Å². The number of nitrogens with one attached hydrogen (secondary N) is 6. The maximum Gasteiger partial charge on any atom is 0.245 e. The third-order valence-electron chi connectivity index (χ3n) is 9.70. The van der Waals surface area contributed by atoms with Gasteiger partial charge in [0.25, 0.3) is 0 Å². The zero-order valence-corrected chi connectivity index (χ0v) is 34.5. The Kier molecular flexibility index (Phi) is 22.1. The van der Waals surface area contributed by atoms with Crippen LogP contribution in [-0.4, -0.2) is 108 Å². The number of benzene rings is 1. The van der Waals surface area contributed by atoms with E-state index < -0.39 is 77.6 Å². The quantitative estimate of drug-likeness (QED) is 0.156. The lowest BCUT2D eigenvalue weighted by Crippen LogP contribution is -2.60. The number of carbonyl (C=O) groups excluding carboxylic acids is 7. The molecule has 0 spiro atoms. The second-order valence-corrected chi connectivity index (χ2v) is 15.2. The molecule has 1 aromatic rings. The fourth-order valence-corrected chi connectivity index (χ4v) is 7.18. The average molecular weight is 788 g/mol. The van der Waals surface area contributed by atoms with Gasteiger partial charge in [0.2, 0.25) is 41.4 Å². The highest BCUT2D eigenvalue weighted by atomic mass is 32.2. The van der Waals surface area contributed by atoms with Crippen LogP contribution >= 0.6 is 11.8 Å². The molecule has 1 aliphatic heterocycles. The number of nitrogens with zero attached hydrogens (tertiary/aromatic N) is 1. The number of amides is 7. The summed E-state index contributed by atoms with van der Waals surface area (Å²) in [4.78, 5) is 97.6. The third-order valence-corrected chi connectivity index (χ3v) is 10.7. The van der Waals surface area contributed by atoms with Crippen LogP contribution in [-0.2, 0) is 40.0 Å². The van der Waals surface area contributed by atoms with Crippen molar-refractivity contribution in [2.24, 2.45) is 0 Å². The van der Waals surface area contributed by atoms with E-state index in [4.69, 9.17) is 0 Å². The Labute approximate surface area is 331 Å². The van der Waals surface area contributed by atoms with Gasteiger partial charge in [0, 0.05) is 26.3 Å². The molecule has 2 rings (SSSR count). The molecular formula is C40H65N7O7S. The van der Waals surface area contributed by atoms with Gasteiger partial charge in [-0.25, -0.2) is 0 Å². The lowest BCUT2D eigenvalue weighted by atomic mass is 10.0. The summed E-state index contributed by atoms with van der Waals surface area (Å²) < 4.78 is 0. The van der Waals surface area contributed by atoms with E-state index >= 15 is 0 Å². The van der Waals surface area contributed by atoms with Gasteiger partial charge in [-0.2, -0.15) is 0 Å². The van der Waals surface area contributed by atoms with Crippen LogP contribution in [0.4, 0.5) is 0 Å². The summed E-state index contributed by atoms with van der Waals surface area (Å²) in [5, 5.41) is 16.8. The first-order valence-electron chi connectivity index (χ1n) is 20.0. The lowest BCUT2D eigenvalue weighted by Gasteiger charge is -2.33. The van der Waals surface area contributed by atoms with E-state index in [9.17, 15) is 33.6 Å². The SMILES string of the molecule is CCCC[C@@H]1NC(=O)[C@H](CCCC)NC(=O)[C@H](CCCC)N(C)C(=O)[C@H](CCCC)NC(=O)[C@@H](Cc2ccccc2)NC(=O)CSC[C@H](C(=O)NC)NC1=O. The van der Waals surface area contributed by atoms with Crippen molar-refractivity contribution in [2.45, 2.75) is 147 Å². The Morgan fingerprint density at radius 1 is 0.673 bits per heavy atom. The van der Waals surface area contributed by atoms with Gasteiger partial charge in [-0.3, -0.25) is 33.6 Å². The van der Waals surface area contributed by atoms with Crippen molar-refractivity contribution < 1.29 is 33.6 Å². The molecule has 6 N–H and O–H groups in total. The number of hydrogen-bond donors (Lipinski definition) is 6. The fraction of sp³-hybridized carbons (Fsp3) is 0.675. The second-order valence-electron chi connectivity index (χ2n) is 14.2. The van der Waals surface area contributed by atoms with Crippen molar-refractivity contribution in [3.05, 3.63) is 35.9 Å². The van der Waals surface area contributed by atoms with Crippen molar-refractivity contribution >= 4 is 53.1 Å². The minimum Gasteiger partial charge on any atom is -0.357 e. The number of hydrogen-bond acceptors (Lipinski definition) is 8. The van der Waals surface area contributed by atoms with Crippen LogP contribution in [0.3, 0.4) is 0 Å². The van der Waals surface area contributed by atoms with Gasteiger partial charge in [-0.15, -0.1) is 11.8 Å². The number of likely N-dealkylation sites (N-methyl/N-ethyl adjacent to an activating group) is 2. The second kappa shape index (κ2) is 25.8. The number of unbranched alkanes of at least 4 members (excludes halogenated alkanes) is 4. The van der Waals surface area contributed by atoms with E-state index in [1.165, 1.54) is 11.9 Å². The maximum atomic E-state index is 14.3. The molecule has 1 aliphatic rings. The van der Waals surface area contributed by atoms with Gasteiger partial charge in [-0.05, 0) is 31.2 Å². The van der Waals surface area contributed by atoms with Gasteiger partial charge in [0.15, 0.2) is 0 Å². The predicted octanol–water partition coefficient (Wildman–Crippen LogP) is 2.73. The van der Waals surface area contributed by atoms with Crippen LogP contribution in [0.5, 0.6) is 0 Å². The largest absolute Gasteiger partial charge is 0.357 e. The molecule has 14 nitrogen and oxygen atoms in total. The minimum absolute atomic E-state index is 0.0388. The van der Waals surface area contributed by atoms with Crippen LogP contribution in [0.25, 0.3) is 0 Å². The molecule has 0 bridgehead atoms. The number of rotatable bonds is 15. The first-order chi connectivity index (χ1) is 26.4. The molecule has 0 unspecified atom stereocenters. The summed E-state index contributed by atoms with van der Waals surface area (Å²) in [6, 6.07) is 3.26. The lowest BCUT2D eigenvalue weighted by molar-refractivity contribution is -0.143. The molecule has 308 valence electrons. The first kappa shape index (κ1) is 47.0. The molecule has 1 fully saturated rings. The van der Waals surface area contributed by atoms with Gasteiger partial charge in [0.05, 0.1) is 5.75 Å². The van der Waals surface area contributed by atoms with E-state index in [2.05, 4.69) is 31.9 Å². The molecule has 1 saturated heterocycles. The van der Waals surface area contributed by atoms with Gasteiger partial charge in [0.1, 0.15) is 36.3 Å². The molecule has 1 aromatic carbocycles. The molecule has 1 heterocycles. The van der Waals surface area contributed by atoms with Crippen LogP contribution in [0.2, 0.25) is 0 Å². The van der Waals surface area contributed by atoms with E-state index in [1.54, 1.807) is 7.05 Å². The molecule has 7 amide bonds. The van der Waals surface area contributed by atoms with Gasteiger partial charge in [-0.1, -0.05) is 109 Å². The Hall–Kier alpha value is -4.14. The highest BCUT2D eigenvalue weighted by Crippen LogP contribution is 2.15. The molecule has 0 aliphatic carbocycles. The van der Waals surface area contributed by atoms with Crippen LogP contribution in [0.15, 0.2) is 30.3 Å². The van der Waals surface area contributed by atoms with Crippen molar-refractivity contribution in [2.75, 3.05) is 25.6 Å². The van der Waals surface area contributed by atoms with E-state index in [1.807, 2.05) is 58.0 Å². The predicted molar refractivity (Wildman–Crippen MR) is 216 cm³/mol. The smallest absolute Gasteiger partial charge is 0.245 e. The molecule has 0 radical (unpaired) electrons. The molecule has 15 heteroatoms. The maximum absolute atomic E-state index is 14.3. The number of thioether (sulfide) groups is 1. The zero-order chi connectivity index (χ0) is 40.8.